The summed E-state index contributed by atoms with van der Waals surface area (Å²) in [5.41, 5.74) is 1.53. The van der Waals surface area contributed by atoms with Crippen molar-refractivity contribution in [2.45, 2.75) is 32.6 Å². The maximum atomic E-state index is 8.88. The normalized spacial score (nSPS) is 26.2. The Morgan fingerprint density at radius 3 is 3.10 bits per heavy atom. The second-order valence-electron chi connectivity index (χ2n) is 3.05. The fourth-order valence-corrected chi connectivity index (χ4v) is 1.52. The first-order valence-corrected chi connectivity index (χ1v) is 4.15. The van der Waals surface area contributed by atoms with Crippen LogP contribution in [0, 0.1) is 5.92 Å². The number of rotatable bonds is 2. The van der Waals surface area contributed by atoms with E-state index in [-0.39, 0.29) is 0 Å². The van der Waals surface area contributed by atoms with Crippen LogP contribution in [0.2, 0.25) is 0 Å². The Kier molecular flexibility index (Phi) is 2.94. The highest BCUT2D eigenvalue weighted by molar-refractivity contribution is 5.05. The summed E-state index contributed by atoms with van der Waals surface area (Å²) in [6, 6.07) is 0. The molecular weight excluding hydrogens is 124 g/mol. The van der Waals surface area contributed by atoms with Gasteiger partial charge in [0.1, 0.15) is 0 Å². The largest absolute Gasteiger partial charge is 0.396 e. The highest BCUT2D eigenvalue weighted by Gasteiger charge is 2.12. The van der Waals surface area contributed by atoms with E-state index in [1.165, 1.54) is 18.4 Å². The van der Waals surface area contributed by atoms with Gasteiger partial charge in [0.05, 0.1) is 0 Å². The van der Waals surface area contributed by atoms with Crippen LogP contribution >= 0.6 is 0 Å². The number of aliphatic hydroxyl groups is 1. The molecule has 0 aliphatic heterocycles. The summed E-state index contributed by atoms with van der Waals surface area (Å²) in [6.45, 7) is 2.56. The third-order valence-electron chi connectivity index (χ3n) is 2.27. The molecule has 0 saturated heterocycles. The number of allylic oxidation sites excluding steroid dienone is 2. The monoisotopic (exact) mass is 140 g/mol. The first-order chi connectivity index (χ1) is 4.86. The van der Waals surface area contributed by atoms with Gasteiger partial charge in [-0.25, -0.2) is 0 Å². The SMILES string of the molecule is CCC1=CCCC(CO)C1. The van der Waals surface area contributed by atoms with Crippen LogP contribution in [-0.2, 0) is 0 Å². The van der Waals surface area contributed by atoms with Gasteiger partial charge >= 0.3 is 0 Å². The van der Waals surface area contributed by atoms with E-state index >= 15 is 0 Å². The Bertz CT molecular complexity index is 127. The summed E-state index contributed by atoms with van der Waals surface area (Å²) in [6.07, 6.45) is 6.98. The molecule has 0 heterocycles. The third kappa shape index (κ3) is 1.84. The van der Waals surface area contributed by atoms with Crippen molar-refractivity contribution < 1.29 is 5.11 Å². The molecule has 0 fully saturated rings. The molecule has 1 N–H and O–H groups in total. The molecule has 0 amide bonds. The van der Waals surface area contributed by atoms with Gasteiger partial charge in [-0.05, 0) is 31.6 Å². The van der Waals surface area contributed by atoms with Crippen molar-refractivity contribution in [2.75, 3.05) is 6.61 Å². The maximum absolute atomic E-state index is 8.88. The second kappa shape index (κ2) is 3.77. The van der Waals surface area contributed by atoms with Crippen LogP contribution < -0.4 is 0 Å². The van der Waals surface area contributed by atoms with E-state index in [0.717, 1.165) is 12.8 Å². The fourth-order valence-electron chi connectivity index (χ4n) is 1.52. The van der Waals surface area contributed by atoms with Crippen LogP contribution in [-0.4, -0.2) is 11.7 Å². The Morgan fingerprint density at radius 2 is 2.50 bits per heavy atom. The molecule has 0 bridgehead atoms. The van der Waals surface area contributed by atoms with Crippen LogP contribution in [0.4, 0.5) is 0 Å². The van der Waals surface area contributed by atoms with Gasteiger partial charge in [0, 0.05) is 6.61 Å². The molecule has 0 saturated carbocycles. The summed E-state index contributed by atoms with van der Waals surface area (Å²) < 4.78 is 0. The molecule has 10 heavy (non-hydrogen) atoms. The topological polar surface area (TPSA) is 20.2 Å². The smallest absolute Gasteiger partial charge is 0.0462 e. The lowest BCUT2D eigenvalue weighted by molar-refractivity contribution is 0.214. The van der Waals surface area contributed by atoms with Gasteiger partial charge in [0.2, 0.25) is 0 Å². The molecule has 1 aliphatic carbocycles. The highest BCUT2D eigenvalue weighted by atomic mass is 16.3. The van der Waals surface area contributed by atoms with E-state index in [9.17, 15) is 0 Å². The summed E-state index contributed by atoms with van der Waals surface area (Å²) >= 11 is 0. The summed E-state index contributed by atoms with van der Waals surface area (Å²) in [7, 11) is 0. The van der Waals surface area contributed by atoms with Crippen LogP contribution in [0.25, 0.3) is 0 Å². The molecular formula is C9H16O. The van der Waals surface area contributed by atoms with Crippen LogP contribution in [0.15, 0.2) is 11.6 Å². The highest BCUT2D eigenvalue weighted by Crippen LogP contribution is 2.24. The van der Waals surface area contributed by atoms with Crippen LogP contribution in [0.5, 0.6) is 0 Å². The number of hydrogen-bond acceptors (Lipinski definition) is 1. The fraction of sp³-hybridized carbons (Fsp3) is 0.778. The Balaban J connectivity index is 2.40. The predicted molar refractivity (Wildman–Crippen MR) is 42.8 cm³/mol. The zero-order valence-electron chi connectivity index (χ0n) is 6.64. The lowest BCUT2D eigenvalue weighted by Crippen LogP contribution is -2.10. The van der Waals surface area contributed by atoms with Gasteiger partial charge < -0.3 is 5.11 Å². The zero-order chi connectivity index (χ0) is 7.40. The quantitative estimate of drug-likeness (QED) is 0.582. The van der Waals surface area contributed by atoms with E-state index in [0.29, 0.717) is 12.5 Å². The molecule has 1 heteroatoms. The molecule has 1 aliphatic rings. The molecule has 58 valence electrons. The Morgan fingerprint density at radius 1 is 1.70 bits per heavy atom. The Hall–Kier alpha value is -0.300. The van der Waals surface area contributed by atoms with Gasteiger partial charge in [-0.15, -0.1) is 0 Å². The zero-order valence-corrected chi connectivity index (χ0v) is 6.64. The van der Waals surface area contributed by atoms with Crippen molar-refractivity contribution in [2.24, 2.45) is 5.92 Å². The van der Waals surface area contributed by atoms with Gasteiger partial charge in [-0.2, -0.15) is 0 Å². The van der Waals surface area contributed by atoms with Crippen LogP contribution in [0.3, 0.4) is 0 Å². The second-order valence-corrected chi connectivity index (χ2v) is 3.05. The minimum atomic E-state index is 0.372. The molecule has 1 nitrogen and oxygen atoms in total. The first-order valence-electron chi connectivity index (χ1n) is 4.15. The molecule has 0 spiro atoms. The van der Waals surface area contributed by atoms with E-state index in [1.807, 2.05) is 0 Å². The summed E-state index contributed by atoms with van der Waals surface area (Å²) in [4.78, 5) is 0. The molecule has 0 radical (unpaired) electrons. The molecule has 0 aromatic heterocycles. The molecule has 1 atom stereocenters. The van der Waals surface area contributed by atoms with Crippen molar-refractivity contribution in [3.8, 4) is 0 Å². The third-order valence-corrected chi connectivity index (χ3v) is 2.27. The van der Waals surface area contributed by atoms with Gasteiger partial charge in [-0.1, -0.05) is 18.6 Å². The number of hydrogen-bond donors (Lipinski definition) is 1. The Labute approximate surface area is 62.8 Å². The summed E-state index contributed by atoms with van der Waals surface area (Å²) in [5.74, 6) is 0.556. The van der Waals surface area contributed by atoms with Crippen LogP contribution in [0.1, 0.15) is 32.6 Å². The predicted octanol–water partition coefficient (Wildman–Crippen LogP) is 2.12. The van der Waals surface area contributed by atoms with Crippen molar-refractivity contribution in [3.63, 3.8) is 0 Å². The van der Waals surface area contributed by atoms with E-state index in [2.05, 4.69) is 13.0 Å². The lowest BCUT2D eigenvalue weighted by Gasteiger charge is -2.19. The summed E-state index contributed by atoms with van der Waals surface area (Å²) in [5, 5.41) is 8.88. The van der Waals surface area contributed by atoms with Crippen molar-refractivity contribution in [1.29, 1.82) is 0 Å². The standard InChI is InChI=1S/C9H16O/c1-2-8-4-3-5-9(6-8)7-10/h4,9-10H,2-3,5-7H2,1H3. The van der Waals surface area contributed by atoms with E-state index in [4.69, 9.17) is 5.11 Å². The van der Waals surface area contributed by atoms with Gasteiger partial charge in [-0.3, -0.25) is 0 Å². The van der Waals surface area contributed by atoms with Gasteiger partial charge in [0.25, 0.3) is 0 Å². The molecule has 0 aromatic rings. The molecule has 1 unspecified atom stereocenters. The lowest BCUT2D eigenvalue weighted by atomic mass is 9.88. The number of aliphatic hydroxyl groups excluding tert-OH is 1. The maximum Gasteiger partial charge on any atom is 0.0462 e. The minimum Gasteiger partial charge on any atom is -0.396 e. The van der Waals surface area contributed by atoms with Crippen molar-refractivity contribution >= 4 is 0 Å². The molecule has 1 rings (SSSR count). The van der Waals surface area contributed by atoms with Crippen molar-refractivity contribution in [3.05, 3.63) is 11.6 Å². The first kappa shape index (κ1) is 7.80. The van der Waals surface area contributed by atoms with E-state index < -0.39 is 0 Å². The molecule has 0 aromatic carbocycles. The van der Waals surface area contributed by atoms with Crippen molar-refractivity contribution in [1.82, 2.24) is 0 Å². The average Bonchev–Trinajstić information content (AvgIpc) is 2.05. The van der Waals surface area contributed by atoms with Gasteiger partial charge in [0.15, 0.2) is 0 Å². The average molecular weight is 140 g/mol. The minimum absolute atomic E-state index is 0.372. The van der Waals surface area contributed by atoms with E-state index in [1.54, 1.807) is 0 Å².